The highest BCUT2D eigenvalue weighted by atomic mass is 16.5. The van der Waals surface area contributed by atoms with Crippen molar-refractivity contribution in [1.29, 1.82) is 0 Å². The average Bonchev–Trinajstić information content (AvgIpc) is 3.03. The Balaban J connectivity index is 1.90. The molecule has 0 aliphatic carbocycles. The number of carboxylic acid groups (broad SMARTS) is 1. The molecule has 0 saturated carbocycles. The summed E-state index contributed by atoms with van der Waals surface area (Å²) in [6, 6.07) is 8.59. The van der Waals surface area contributed by atoms with Crippen molar-refractivity contribution in [1.82, 2.24) is 0 Å². The largest absolute Gasteiger partial charge is 0.494 e. The number of carbonyl (C=O) groups is 2. The van der Waals surface area contributed by atoms with Crippen molar-refractivity contribution < 1.29 is 23.8 Å². The summed E-state index contributed by atoms with van der Waals surface area (Å²) >= 11 is 0. The van der Waals surface area contributed by atoms with Gasteiger partial charge in [-0.3, -0.25) is 9.59 Å². The van der Waals surface area contributed by atoms with Crippen LogP contribution in [0.4, 0.5) is 5.69 Å². The van der Waals surface area contributed by atoms with Crippen molar-refractivity contribution in [2.24, 2.45) is 0 Å². The Labute approximate surface area is 140 Å². The molecular formula is C18H21NO5. The lowest BCUT2D eigenvalue weighted by molar-refractivity contribution is -0.137. The number of furan rings is 1. The molecule has 0 unspecified atom stereocenters. The van der Waals surface area contributed by atoms with Crippen molar-refractivity contribution in [2.75, 3.05) is 11.9 Å². The molecule has 128 valence electrons. The molecule has 0 fully saturated rings. The number of anilines is 1. The van der Waals surface area contributed by atoms with Gasteiger partial charge in [0, 0.05) is 18.0 Å². The maximum Gasteiger partial charge on any atom is 0.303 e. The van der Waals surface area contributed by atoms with Crippen LogP contribution in [0.25, 0.3) is 0 Å². The minimum absolute atomic E-state index is 0.0804. The maximum absolute atomic E-state index is 12.3. The zero-order valence-electron chi connectivity index (χ0n) is 13.7. The van der Waals surface area contributed by atoms with Crippen molar-refractivity contribution in [3.05, 3.63) is 47.9 Å². The molecule has 24 heavy (non-hydrogen) atoms. The van der Waals surface area contributed by atoms with Crippen LogP contribution in [0.3, 0.4) is 0 Å². The minimum Gasteiger partial charge on any atom is -0.494 e. The second-order valence-electron chi connectivity index (χ2n) is 5.68. The molecule has 6 nitrogen and oxygen atoms in total. The average molecular weight is 331 g/mol. The van der Waals surface area contributed by atoms with E-state index in [2.05, 4.69) is 5.32 Å². The summed E-state index contributed by atoms with van der Waals surface area (Å²) in [6.45, 7) is 4.27. The number of amides is 1. The van der Waals surface area contributed by atoms with Crippen LogP contribution in [0.1, 0.15) is 48.7 Å². The molecule has 0 aliphatic heterocycles. The molecule has 1 aromatic carbocycles. The first kappa shape index (κ1) is 17.6. The number of carbonyl (C=O) groups excluding carboxylic acids is 1. The summed E-state index contributed by atoms with van der Waals surface area (Å²) in [7, 11) is 0. The Morgan fingerprint density at radius 3 is 2.54 bits per heavy atom. The van der Waals surface area contributed by atoms with E-state index < -0.39 is 5.97 Å². The molecule has 2 rings (SSSR count). The van der Waals surface area contributed by atoms with Gasteiger partial charge in [-0.2, -0.15) is 0 Å². The van der Waals surface area contributed by atoms with Crippen molar-refractivity contribution in [3.8, 4) is 5.75 Å². The third-order valence-electron chi connectivity index (χ3n) is 3.38. The van der Waals surface area contributed by atoms with E-state index in [9.17, 15) is 9.59 Å². The van der Waals surface area contributed by atoms with Crippen LogP contribution in [-0.4, -0.2) is 23.6 Å². The Morgan fingerprint density at radius 1 is 1.21 bits per heavy atom. The van der Waals surface area contributed by atoms with E-state index in [0.717, 1.165) is 0 Å². The number of rotatable bonds is 8. The maximum atomic E-state index is 12.3. The van der Waals surface area contributed by atoms with E-state index in [1.165, 1.54) is 6.26 Å². The number of carboxylic acids is 1. The second kappa shape index (κ2) is 8.19. The van der Waals surface area contributed by atoms with Crippen LogP contribution >= 0.6 is 0 Å². The molecule has 1 amide bonds. The van der Waals surface area contributed by atoms with Gasteiger partial charge in [0.05, 0.1) is 18.4 Å². The molecule has 0 aliphatic rings. The van der Waals surface area contributed by atoms with E-state index in [1.54, 1.807) is 30.3 Å². The molecule has 1 aromatic heterocycles. The highest BCUT2D eigenvalue weighted by molar-refractivity contribution is 6.05. The Kier molecular flexibility index (Phi) is 6.01. The molecule has 1 heterocycles. The molecule has 0 bridgehead atoms. The summed E-state index contributed by atoms with van der Waals surface area (Å²) in [5.41, 5.74) is 1.17. The third-order valence-corrected chi connectivity index (χ3v) is 3.38. The molecule has 2 N–H and O–H groups in total. The number of hydrogen-bond acceptors (Lipinski definition) is 4. The van der Waals surface area contributed by atoms with Gasteiger partial charge in [0.1, 0.15) is 11.5 Å². The van der Waals surface area contributed by atoms with Gasteiger partial charge in [0.25, 0.3) is 5.91 Å². The van der Waals surface area contributed by atoms with E-state index in [4.69, 9.17) is 14.3 Å². The van der Waals surface area contributed by atoms with Gasteiger partial charge in [-0.15, -0.1) is 0 Å². The van der Waals surface area contributed by atoms with Crippen LogP contribution in [0.2, 0.25) is 0 Å². The van der Waals surface area contributed by atoms with Crippen LogP contribution in [0.15, 0.2) is 41.0 Å². The Bertz CT molecular complexity index is 688. The van der Waals surface area contributed by atoms with Crippen LogP contribution in [0, 0.1) is 0 Å². The van der Waals surface area contributed by atoms with Gasteiger partial charge >= 0.3 is 5.97 Å². The zero-order chi connectivity index (χ0) is 17.5. The summed E-state index contributed by atoms with van der Waals surface area (Å²) in [5, 5.41) is 11.4. The quantitative estimate of drug-likeness (QED) is 0.716. The first-order valence-electron chi connectivity index (χ1n) is 7.80. The van der Waals surface area contributed by atoms with Crippen LogP contribution < -0.4 is 10.1 Å². The lowest BCUT2D eigenvalue weighted by Gasteiger charge is -2.09. The topological polar surface area (TPSA) is 88.8 Å². The SMILES string of the molecule is CC(C)c1occc1C(=O)Nc1ccc(OCCCC(=O)O)cc1. The zero-order valence-corrected chi connectivity index (χ0v) is 13.7. The predicted octanol–water partition coefficient (Wildman–Crippen LogP) is 3.90. The highest BCUT2D eigenvalue weighted by Gasteiger charge is 2.17. The van der Waals surface area contributed by atoms with Crippen molar-refractivity contribution in [3.63, 3.8) is 0 Å². The third kappa shape index (κ3) is 4.87. The smallest absolute Gasteiger partial charge is 0.303 e. The van der Waals surface area contributed by atoms with E-state index >= 15 is 0 Å². The first-order valence-corrected chi connectivity index (χ1v) is 7.80. The molecule has 0 atom stereocenters. The summed E-state index contributed by atoms with van der Waals surface area (Å²) in [4.78, 5) is 22.7. The van der Waals surface area contributed by atoms with Gasteiger partial charge in [0.2, 0.25) is 0 Å². The first-order chi connectivity index (χ1) is 11.5. The molecule has 2 aromatic rings. The van der Waals surface area contributed by atoms with Crippen LogP contribution in [-0.2, 0) is 4.79 Å². The lowest BCUT2D eigenvalue weighted by atomic mass is 10.1. The van der Waals surface area contributed by atoms with Gasteiger partial charge in [-0.25, -0.2) is 0 Å². The predicted molar refractivity (Wildman–Crippen MR) is 89.6 cm³/mol. The molecule has 6 heteroatoms. The van der Waals surface area contributed by atoms with E-state index in [-0.39, 0.29) is 18.2 Å². The highest BCUT2D eigenvalue weighted by Crippen LogP contribution is 2.22. The summed E-state index contributed by atoms with van der Waals surface area (Å²) in [6.07, 6.45) is 2.04. The minimum atomic E-state index is -0.836. The van der Waals surface area contributed by atoms with Gasteiger partial charge < -0.3 is 19.6 Å². The van der Waals surface area contributed by atoms with Crippen molar-refractivity contribution >= 4 is 17.6 Å². The summed E-state index contributed by atoms with van der Waals surface area (Å²) in [5.74, 6) is 0.358. The van der Waals surface area contributed by atoms with E-state index in [1.807, 2.05) is 13.8 Å². The number of ether oxygens (including phenoxy) is 1. The number of benzene rings is 1. The Morgan fingerprint density at radius 2 is 1.92 bits per heavy atom. The summed E-state index contributed by atoms with van der Waals surface area (Å²) < 4.78 is 10.8. The normalized spacial score (nSPS) is 10.6. The fraction of sp³-hybridized carbons (Fsp3) is 0.333. The molecule has 0 saturated heterocycles. The van der Waals surface area contributed by atoms with Gasteiger partial charge in [-0.05, 0) is 36.8 Å². The monoisotopic (exact) mass is 331 g/mol. The molecular weight excluding hydrogens is 310 g/mol. The van der Waals surface area contributed by atoms with Gasteiger partial charge in [0.15, 0.2) is 0 Å². The van der Waals surface area contributed by atoms with Gasteiger partial charge in [-0.1, -0.05) is 13.8 Å². The molecule has 0 radical (unpaired) electrons. The number of aliphatic carboxylic acids is 1. The number of hydrogen-bond donors (Lipinski definition) is 2. The van der Waals surface area contributed by atoms with Crippen LogP contribution in [0.5, 0.6) is 5.75 Å². The number of nitrogens with one attached hydrogen (secondary N) is 1. The second-order valence-corrected chi connectivity index (χ2v) is 5.68. The van der Waals surface area contributed by atoms with E-state index in [0.29, 0.717) is 35.8 Å². The lowest BCUT2D eigenvalue weighted by Crippen LogP contribution is -2.13. The Hall–Kier alpha value is -2.76. The molecule has 0 spiro atoms. The fourth-order valence-electron chi connectivity index (χ4n) is 2.20. The van der Waals surface area contributed by atoms with Crippen molar-refractivity contribution in [2.45, 2.75) is 32.6 Å². The standard InChI is InChI=1S/C18H21NO5/c1-12(2)17-15(9-11-24-17)18(22)19-13-5-7-14(8-6-13)23-10-3-4-16(20)21/h5-9,11-12H,3-4,10H2,1-2H3,(H,19,22)(H,20,21). The fourth-order valence-corrected chi connectivity index (χ4v) is 2.20.